The molecule has 1 saturated carbocycles. The molecule has 6 aromatic rings. The number of ether oxygens (including phenoxy) is 13. The zero-order valence-electron chi connectivity index (χ0n) is 57.8. The monoisotopic (exact) mass is 1280 g/mol. The highest BCUT2D eigenvalue weighted by atomic mass is 16.6. The Morgan fingerprint density at radius 3 is 0.882 bits per heavy atom. The summed E-state index contributed by atoms with van der Waals surface area (Å²) in [7, 11) is 0. The fourth-order valence-electron chi connectivity index (χ4n) is 9.87. The molecule has 508 valence electrons. The summed E-state index contributed by atoms with van der Waals surface area (Å²) in [5.41, 5.74) is 8.35. The molecule has 7 atom stereocenters. The van der Waals surface area contributed by atoms with Crippen LogP contribution in [0, 0.1) is 0 Å². The first-order valence-electron chi connectivity index (χ1n) is 34.9. The van der Waals surface area contributed by atoms with Gasteiger partial charge < -0.3 is 61.6 Å². The van der Waals surface area contributed by atoms with Gasteiger partial charge in [-0.05, 0) is 175 Å². The van der Waals surface area contributed by atoms with Crippen molar-refractivity contribution in [2.24, 2.45) is 0 Å². The summed E-state index contributed by atoms with van der Waals surface area (Å²) in [4.78, 5) is 12.5. The van der Waals surface area contributed by atoms with Crippen LogP contribution in [-0.2, 0) is 33.2 Å². The Hall–Kier alpha value is -6.91. The normalized spacial score (nSPS) is 22.3. The standard InChI is InChI=1S/C25H28O6.C24H26O4.C18H18O4.6C2H6/c26-25(19-5-9-21(10-6-19)28-14-24-16-30-24)31-22-11-3-18(4-12-22)17-1-7-20(8-2-17)27-13-23-15-29-23;1-2-18(20-7-11-22(12-8-20)26-14-24-16-28-24)4-3-17(1)19-5-9-21(10-6-19)25-13-23-15-27-23;1-5-15(19-9-17-11-21-17)6-2-13(1)14-3-7-16(8-4-14)20-10-18-12-22-18;6*1-2/h1-2,5-10,18,22-24H,3-4,11-16H2;1,5-12,18,23-24H,2-4,13-16H2;1-8,17-18H,9-12H2;6*1-2H3. The lowest BCUT2D eigenvalue weighted by Gasteiger charge is -2.28. The van der Waals surface area contributed by atoms with E-state index >= 15 is 0 Å². The van der Waals surface area contributed by atoms with Crippen LogP contribution in [0.3, 0.4) is 0 Å². The first-order chi connectivity index (χ1) is 45.9. The molecule has 0 aromatic heterocycles. The molecular formula is C79H108O14. The van der Waals surface area contributed by atoms with Crippen LogP contribution in [0.2, 0.25) is 0 Å². The van der Waals surface area contributed by atoms with Gasteiger partial charge in [0.1, 0.15) is 117 Å². The molecule has 14 heteroatoms. The number of carbonyl (C=O) groups excluding carboxylic acids is 1. The van der Waals surface area contributed by atoms with Crippen LogP contribution in [-0.4, -0.2) is 128 Å². The third-order valence-electron chi connectivity index (χ3n) is 15.4. The zero-order chi connectivity index (χ0) is 66.6. The average Bonchev–Trinajstić information content (AvgIpc) is 2.01. The number of hydrogen-bond acceptors (Lipinski definition) is 14. The van der Waals surface area contributed by atoms with E-state index in [4.69, 9.17) is 61.6 Å². The van der Waals surface area contributed by atoms with E-state index in [0.717, 1.165) is 124 Å². The fourth-order valence-corrected chi connectivity index (χ4v) is 9.87. The Bertz CT molecular complexity index is 2880. The van der Waals surface area contributed by atoms with Crippen LogP contribution in [0.5, 0.6) is 34.5 Å². The van der Waals surface area contributed by atoms with Gasteiger partial charge in [-0.3, -0.25) is 0 Å². The zero-order valence-corrected chi connectivity index (χ0v) is 57.8. The molecule has 0 amide bonds. The first kappa shape index (κ1) is 75.1. The van der Waals surface area contributed by atoms with Crippen LogP contribution >= 0.6 is 0 Å². The molecule has 6 heterocycles. The van der Waals surface area contributed by atoms with Gasteiger partial charge in [0.15, 0.2) is 0 Å². The molecule has 8 aliphatic rings. The van der Waals surface area contributed by atoms with Crippen molar-refractivity contribution < 1.29 is 66.4 Å². The average molecular weight is 1280 g/mol. The van der Waals surface area contributed by atoms with Gasteiger partial charge in [0, 0.05) is 0 Å². The number of carbonyl (C=O) groups is 1. The third-order valence-corrected chi connectivity index (χ3v) is 15.4. The van der Waals surface area contributed by atoms with Crippen molar-refractivity contribution in [3.05, 3.63) is 174 Å². The summed E-state index contributed by atoms with van der Waals surface area (Å²) >= 11 is 0. The highest BCUT2D eigenvalue weighted by Gasteiger charge is 2.29. The minimum atomic E-state index is -0.262. The molecule has 0 N–H and O–H groups in total. The molecule has 6 saturated heterocycles. The van der Waals surface area contributed by atoms with Gasteiger partial charge in [-0.2, -0.15) is 0 Å². The van der Waals surface area contributed by atoms with Crippen molar-refractivity contribution in [1.82, 2.24) is 0 Å². The molecule has 2 aliphatic carbocycles. The van der Waals surface area contributed by atoms with E-state index in [0.29, 0.717) is 69.2 Å². The quantitative estimate of drug-likeness (QED) is 0.0416. The Morgan fingerprint density at radius 2 is 0.602 bits per heavy atom. The van der Waals surface area contributed by atoms with Crippen molar-refractivity contribution in [1.29, 1.82) is 0 Å². The summed E-state index contributed by atoms with van der Waals surface area (Å²) in [5, 5.41) is 0. The first-order valence-corrected chi connectivity index (χ1v) is 34.9. The SMILES string of the molecule is C1=C(c2ccc(OCC3CO3)cc2)CCC(c2ccc(OCC3CO3)cc2)C1.CC.CC.CC.CC.CC.CC.O=C(OC1CCC(c2ccc(OCC3CO3)cc2)CC1)c1ccc(OCC2CO2)cc1.c1cc(-c2ccc(OCC3CO3)cc2)ccc1OCC1CO1. The van der Waals surface area contributed by atoms with Crippen LogP contribution in [0.15, 0.2) is 152 Å². The molecule has 14 rings (SSSR count). The van der Waals surface area contributed by atoms with Gasteiger partial charge in [0.2, 0.25) is 0 Å². The minimum Gasteiger partial charge on any atom is -0.491 e. The van der Waals surface area contributed by atoms with Crippen LogP contribution < -0.4 is 28.4 Å². The summed E-state index contributed by atoms with van der Waals surface area (Å²) in [6.07, 6.45) is 11.2. The van der Waals surface area contributed by atoms with Crippen molar-refractivity contribution in [2.45, 2.75) is 183 Å². The highest BCUT2D eigenvalue weighted by molar-refractivity contribution is 5.89. The molecule has 0 radical (unpaired) electrons. The fraction of sp³-hybridized carbons (Fsp3) is 0.506. The topological polar surface area (TPSA) is 157 Å². The highest BCUT2D eigenvalue weighted by Crippen LogP contribution is 2.38. The van der Waals surface area contributed by atoms with Gasteiger partial charge in [-0.25, -0.2) is 4.79 Å². The van der Waals surface area contributed by atoms with Crippen molar-refractivity contribution >= 4 is 11.5 Å². The maximum Gasteiger partial charge on any atom is 0.338 e. The Morgan fingerprint density at radius 1 is 0.333 bits per heavy atom. The Labute approximate surface area is 556 Å². The van der Waals surface area contributed by atoms with Crippen molar-refractivity contribution in [2.75, 3.05) is 79.3 Å². The maximum absolute atomic E-state index is 12.5. The molecule has 6 aliphatic heterocycles. The van der Waals surface area contributed by atoms with Crippen molar-refractivity contribution in [3.63, 3.8) is 0 Å². The molecule has 14 nitrogen and oxygen atoms in total. The lowest BCUT2D eigenvalue weighted by molar-refractivity contribution is 0.0195. The molecule has 93 heavy (non-hydrogen) atoms. The summed E-state index contributed by atoms with van der Waals surface area (Å²) in [5.74, 6) is 6.07. The smallest absolute Gasteiger partial charge is 0.338 e. The summed E-state index contributed by atoms with van der Waals surface area (Å²) in [6, 6.07) is 48.8. The molecule has 0 spiro atoms. The van der Waals surface area contributed by atoms with E-state index in [1.54, 1.807) is 24.3 Å². The third kappa shape index (κ3) is 27.9. The second-order valence-electron chi connectivity index (χ2n) is 21.9. The number of benzene rings is 6. The van der Waals surface area contributed by atoms with E-state index in [9.17, 15) is 4.79 Å². The number of hydrogen-bond donors (Lipinski definition) is 0. The molecule has 7 fully saturated rings. The van der Waals surface area contributed by atoms with E-state index in [2.05, 4.69) is 91.0 Å². The van der Waals surface area contributed by atoms with E-state index in [1.807, 2.05) is 119 Å². The lowest BCUT2D eigenvalue weighted by atomic mass is 9.83. The van der Waals surface area contributed by atoms with Crippen LogP contribution in [0.25, 0.3) is 16.7 Å². The van der Waals surface area contributed by atoms with Gasteiger partial charge in [0.25, 0.3) is 0 Å². The number of rotatable bonds is 24. The number of epoxide rings is 6. The summed E-state index contributed by atoms with van der Waals surface area (Å²) in [6.45, 7) is 32.6. The predicted molar refractivity (Wildman–Crippen MR) is 372 cm³/mol. The van der Waals surface area contributed by atoms with Gasteiger partial charge in [0.05, 0.1) is 45.2 Å². The lowest BCUT2D eigenvalue weighted by Crippen LogP contribution is -2.24. The predicted octanol–water partition coefficient (Wildman–Crippen LogP) is 17.8. The van der Waals surface area contributed by atoms with Gasteiger partial charge >= 0.3 is 5.97 Å². The Kier molecular flexibility index (Phi) is 34.3. The van der Waals surface area contributed by atoms with Crippen LogP contribution in [0.4, 0.5) is 0 Å². The van der Waals surface area contributed by atoms with Crippen molar-refractivity contribution in [3.8, 4) is 45.6 Å². The largest absolute Gasteiger partial charge is 0.491 e. The van der Waals surface area contributed by atoms with E-state index in [-0.39, 0.29) is 36.5 Å². The number of esters is 1. The maximum atomic E-state index is 12.5. The second-order valence-corrected chi connectivity index (χ2v) is 21.9. The molecule has 6 aromatic carbocycles. The minimum absolute atomic E-state index is 0.0205. The van der Waals surface area contributed by atoms with Gasteiger partial charge in [-0.15, -0.1) is 0 Å². The van der Waals surface area contributed by atoms with E-state index in [1.165, 1.54) is 28.7 Å². The van der Waals surface area contributed by atoms with E-state index < -0.39 is 0 Å². The number of allylic oxidation sites excluding steroid dienone is 2. The second kappa shape index (κ2) is 42.4. The molecular weight excluding hydrogens is 1170 g/mol. The van der Waals surface area contributed by atoms with Gasteiger partial charge in [-0.1, -0.05) is 150 Å². The molecule has 7 unspecified atom stereocenters. The Balaban J connectivity index is 0.000000206. The molecule has 0 bridgehead atoms. The van der Waals surface area contributed by atoms with Crippen LogP contribution in [0.1, 0.15) is 167 Å². The summed E-state index contributed by atoms with van der Waals surface area (Å²) < 4.78 is 70.8.